The van der Waals surface area contributed by atoms with Gasteiger partial charge in [0.15, 0.2) is 0 Å². The molecule has 0 aliphatic rings. The molecule has 6 heteroatoms. The Hall–Kier alpha value is -1.92. The monoisotopic (exact) mass is 320 g/mol. The molecule has 2 aromatic rings. The van der Waals surface area contributed by atoms with Crippen LogP contribution in [0.2, 0.25) is 0 Å². The normalized spacial score (nSPS) is 13.0. The van der Waals surface area contributed by atoms with Crippen molar-refractivity contribution in [1.82, 2.24) is 9.78 Å². The number of carbonyl (C=O) groups is 1. The van der Waals surface area contributed by atoms with Gasteiger partial charge >= 0.3 is 5.97 Å². The topological polar surface area (TPSA) is 64.3 Å². The van der Waals surface area contributed by atoms with Crippen LogP contribution in [0.5, 0.6) is 0 Å². The van der Waals surface area contributed by atoms with Crippen LogP contribution in [-0.2, 0) is 29.6 Å². The Kier molecular flexibility index (Phi) is 5.51. The van der Waals surface area contributed by atoms with E-state index in [1.807, 2.05) is 49.2 Å². The summed E-state index contributed by atoms with van der Waals surface area (Å²) < 4.78 is 8.54. The molecule has 0 unspecified atom stereocenters. The van der Waals surface area contributed by atoms with E-state index >= 15 is 0 Å². The van der Waals surface area contributed by atoms with Crippen LogP contribution in [0.3, 0.4) is 0 Å². The van der Waals surface area contributed by atoms with Gasteiger partial charge < -0.3 is 9.84 Å². The Bertz CT molecular complexity index is 774. The van der Waals surface area contributed by atoms with E-state index in [1.165, 1.54) is 0 Å². The Morgan fingerprint density at radius 1 is 1.55 bits per heavy atom. The maximum absolute atomic E-state index is 10.8. The molecule has 0 atom stereocenters. The molecule has 0 radical (unpaired) electrons. The first-order valence-electron chi connectivity index (χ1n) is 7.03. The van der Waals surface area contributed by atoms with Crippen molar-refractivity contribution in [2.24, 2.45) is 7.05 Å². The molecule has 2 heterocycles. The molecule has 2 aromatic heterocycles. The number of hydrogen-bond donors (Lipinski definition) is 1. The SMILES string of the molecule is C/C=c1/c(CC(=O)O)cs/c1=C/COCc1cc(C)nn1C. The molecule has 0 spiro atoms. The summed E-state index contributed by atoms with van der Waals surface area (Å²) >= 11 is 1.55. The van der Waals surface area contributed by atoms with Crippen molar-refractivity contribution in [2.45, 2.75) is 26.9 Å². The lowest BCUT2D eigenvalue weighted by atomic mass is 10.2. The Morgan fingerprint density at radius 2 is 2.32 bits per heavy atom. The summed E-state index contributed by atoms with van der Waals surface area (Å²) in [5.41, 5.74) is 2.86. The van der Waals surface area contributed by atoms with Gasteiger partial charge in [0, 0.05) is 11.6 Å². The average molecular weight is 320 g/mol. The second-order valence-electron chi connectivity index (χ2n) is 5.02. The molecule has 0 fully saturated rings. The molecule has 0 aliphatic carbocycles. The third-order valence-electron chi connectivity index (χ3n) is 3.31. The summed E-state index contributed by atoms with van der Waals surface area (Å²) in [6, 6.07) is 2.00. The molecule has 2 rings (SSSR count). The Morgan fingerprint density at radius 3 is 2.91 bits per heavy atom. The number of ether oxygens (including phenoxy) is 1. The fourth-order valence-corrected chi connectivity index (χ4v) is 3.32. The Balaban J connectivity index is 2.03. The van der Waals surface area contributed by atoms with Gasteiger partial charge in [-0.2, -0.15) is 5.10 Å². The van der Waals surface area contributed by atoms with Crippen molar-refractivity contribution in [3.05, 3.63) is 38.1 Å². The minimum atomic E-state index is -0.810. The molecular formula is C16H20N2O3S. The molecule has 0 amide bonds. The zero-order valence-electron chi connectivity index (χ0n) is 13.0. The standard InChI is InChI=1S/C16H20N2O3S/c1-4-14-12(8-16(19)20)10-22-15(14)5-6-21-9-13-7-11(2)17-18(13)3/h4-5,7,10H,6,8-9H2,1-3H3,(H,19,20)/b14-4-,15-5+. The highest BCUT2D eigenvalue weighted by Crippen LogP contribution is 2.03. The molecule has 0 saturated carbocycles. The van der Waals surface area contributed by atoms with E-state index in [4.69, 9.17) is 9.84 Å². The molecule has 0 saturated heterocycles. The lowest BCUT2D eigenvalue weighted by Gasteiger charge is -2.01. The van der Waals surface area contributed by atoms with Gasteiger partial charge in [-0.05, 0) is 42.2 Å². The molecule has 118 valence electrons. The van der Waals surface area contributed by atoms with Crippen molar-refractivity contribution >= 4 is 29.5 Å². The number of hydrogen-bond acceptors (Lipinski definition) is 4. The second kappa shape index (κ2) is 7.38. The number of aromatic nitrogens is 2. The van der Waals surface area contributed by atoms with Crippen molar-refractivity contribution in [1.29, 1.82) is 0 Å². The quantitative estimate of drug-likeness (QED) is 0.813. The smallest absolute Gasteiger partial charge is 0.307 e. The average Bonchev–Trinajstić information content (AvgIpc) is 2.97. The predicted octanol–water partition coefficient (Wildman–Crippen LogP) is 1.21. The fraction of sp³-hybridized carbons (Fsp3) is 0.375. The van der Waals surface area contributed by atoms with Gasteiger partial charge in [-0.3, -0.25) is 9.48 Å². The highest BCUT2D eigenvalue weighted by Gasteiger charge is 2.05. The summed E-state index contributed by atoms with van der Waals surface area (Å²) in [6.07, 6.45) is 4.00. The first-order valence-corrected chi connectivity index (χ1v) is 7.91. The summed E-state index contributed by atoms with van der Waals surface area (Å²) in [5.74, 6) is -0.810. The fourth-order valence-electron chi connectivity index (χ4n) is 2.30. The second-order valence-corrected chi connectivity index (χ2v) is 5.93. The van der Waals surface area contributed by atoms with E-state index in [9.17, 15) is 4.79 Å². The van der Waals surface area contributed by atoms with E-state index in [0.29, 0.717) is 13.2 Å². The first kappa shape index (κ1) is 16.5. The van der Waals surface area contributed by atoms with Crippen LogP contribution >= 0.6 is 11.3 Å². The van der Waals surface area contributed by atoms with Crippen LogP contribution < -0.4 is 9.75 Å². The van der Waals surface area contributed by atoms with Crippen LogP contribution in [0.4, 0.5) is 0 Å². The number of carboxylic acid groups (broad SMARTS) is 1. The van der Waals surface area contributed by atoms with E-state index in [2.05, 4.69) is 5.10 Å². The van der Waals surface area contributed by atoms with Crippen molar-refractivity contribution in [2.75, 3.05) is 6.61 Å². The number of aliphatic carboxylic acids is 1. The summed E-state index contributed by atoms with van der Waals surface area (Å²) in [4.78, 5) is 10.8. The van der Waals surface area contributed by atoms with Crippen molar-refractivity contribution in [3.8, 4) is 0 Å². The Labute approximate surface area is 133 Å². The highest BCUT2D eigenvalue weighted by molar-refractivity contribution is 7.07. The van der Waals surface area contributed by atoms with Gasteiger partial charge in [-0.15, -0.1) is 11.3 Å². The number of nitrogens with zero attached hydrogens (tertiary/aromatic N) is 2. The predicted molar refractivity (Wildman–Crippen MR) is 87.1 cm³/mol. The zero-order valence-corrected chi connectivity index (χ0v) is 13.8. The number of carboxylic acids is 1. The van der Waals surface area contributed by atoms with Gasteiger partial charge in [0.2, 0.25) is 0 Å². The maximum atomic E-state index is 10.8. The van der Waals surface area contributed by atoms with E-state index in [0.717, 1.165) is 26.7 Å². The van der Waals surface area contributed by atoms with Gasteiger partial charge in [0.25, 0.3) is 0 Å². The lowest BCUT2D eigenvalue weighted by Crippen LogP contribution is -2.23. The molecule has 0 aliphatic heterocycles. The molecule has 5 nitrogen and oxygen atoms in total. The van der Waals surface area contributed by atoms with E-state index < -0.39 is 5.97 Å². The van der Waals surface area contributed by atoms with Crippen LogP contribution in [0.15, 0.2) is 11.4 Å². The number of aryl methyl sites for hydroxylation is 2. The van der Waals surface area contributed by atoms with E-state index in [1.54, 1.807) is 11.3 Å². The van der Waals surface area contributed by atoms with Gasteiger partial charge in [0.05, 0.1) is 31.0 Å². The van der Waals surface area contributed by atoms with Crippen molar-refractivity contribution in [3.63, 3.8) is 0 Å². The van der Waals surface area contributed by atoms with Gasteiger partial charge in [0.1, 0.15) is 0 Å². The molecule has 22 heavy (non-hydrogen) atoms. The molecule has 0 aromatic carbocycles. The van der Waals surface area contributed by atoms with Crippen molar-refractivity contribution < 1.29 is 14.6 Å². The van der Waals surface area contributed by atoms with Crippen LogP contribution in [0, 0.1) is 6.92 Å². The lowest BCUT2D eigenvalue weighted by molar-refractivity contribution is -0.136. The summed E-state index contributed by atoms with van der Waals surface area (Å²) in [6.45, 7) is 4.86. The van der Waals surface area contributed by atoms with E-state index in [-0.39, 0.29) is 6.42 Å². The minimum absolute atomic E-state index is 0.0547. The molecular weight excluding hydrogens is 300 g/mol. The largest absolute Gasteiger partial charge is 0.481 e. The van der Waals surface area contributed by atoms with Gasteiger partial charge in [-0.1, -0.05) is 6.08 Å². The first-order chi connectivity index (χ1) is 10.5. The van der Waals surface area contributed by atoms with Crippen LogP contribution in [0.25, 0.3) is 12.2 Å². The number of thiophene rings is 1. The molecule has 1 N–H and O–H groups in total. The van der Waals surface area contributed by atoms with Gasteiger partial charge in [-0.25, -0.2) is 0 Å². The van der Waals surface area contributed by atoms with Crippen LogP contribution in [0.1, 0.15) is 23.9 Å². The summed E-state index contributed by atoms with van der Waals surface area (Å²) in [7, 11) is 1.90. The minimum Gasteiger partial charge on any atom is -0.481 e. The highest BCUT2D eigenvalue weighted by atomic mass is 32.1. The summed E-state index contributed by atoms with van der Waals surface area (Å²) in [5, 5.41) is 16.1. The maximum Gasteiger partial charge on any atom is 0.307 e. The number of rotatable bonds is 6. The molecule has 0 bridgehead atoms. The zero-order chi connectivity index (χ0) is 16.1. The third-order valence-corrected chi connectivity index (χ3v) is 4.35. The van der Waals surface area contributed by atoms with Crippen LogP contribution in [-0.4, -0.2) is 27.5 Å². The third kappa shape index (κ3) is 4.05.